The summed E-state index contributed by atoms with van der Waals surface area (Å²) in [5, 5.41) is 0. The molecule has 0 aromatic carbocycles. The van der Waals surface area contributed by atoms with Crippen molar-refractivity contribution in [3.63, 3.8) is 0 Å². The van der Waals surface area contributed by atoms with Gasteiger partial charge in [-0.05, 0) is 28.4 Å². The second-order valence-corrected chi connectivity index (χ2v) is 6.45. The summed E-state index contributed by atoms with van der Waals surface area (Å²) in [7, 11) is 0. The number of hydrogen-bond donors (Lipinski definition) is 0. The first-order valence-electron chi connectivity index (χ1n) is 4.84. The lowest BCUT2D eigenvalue weighted by molar-refractivity contribution is 0.896. The van der Waals surface area contributed by atoms with Crippen LogP contribution in [0.4, 0.5) is 0 Å². The first-order chi connectivity index (χ1) is 7.29. The standard InChI is InChI=1S/C10H11BrN2S2/c1-2-3-4-14-10-13-9-8(15-10)5-7(11)6-12-9/h5-6H,2-4H2,1H3. The van der Waals surface area contributed by atoms with Crippen molar-refractivity contribution in [1.29, 1.82) is 0 Å². The van der Waals surface area contributed by atoms with Crippen LogP contribution >= 0.6 is 39.0 Å². The predicted octanol–water partition coefficient (Wildman–Crippen LogP) is 4.35. The predicted molar refractivity (Wildman–Crippen MR) is 70.7 cm³/mol. The quantitative estimate of drug-likeness (QED) is 0.620. The molecule has 80 valence electrons. The van der Waals surface area contributed by atoms with Crippen molar-refractivity contribution in [1.82, 2.24) is 9.97 Å². The molecule has 2 aromatic rings. The number of thioether (sulfide) groups is 1. The molecular weight excluding hydrogens is 292 g/mol. The number of thiazole rings is 1. The second-order valence-electron chi connectivity index (χ2n) is 3.16. The van der Waals surface area contributed by atoms with Gasteiger partial charge in [0.1, 0.15) is 0 Å². The zero-order valence-corrected chi connectivity index (χ0v) is 11.6. The Morgan fingerprint density at radius 3 is 3.20 bits per heavy atom. The second kappa shape index (κ2) is 5.27. The molecule has 5 heteroatoms. The van der Waals surface area contributed by atoms with Gasteiger partial charge in [0.25, 0.3) is 0 Å². The Morgan fingerprint density at radius 2 is 2.40 bits per heavy atom. The lowest BCUT2D eigenvalue weighted by atomic mass is 10.4. The topological polar surface area (TPSA) is 25.8 Å². The molecule has 0 saturated heterocycles. The summed E-state index contributed by atoms with van der Waals surface area (Å²) >= 11 is 6.97. The molecule has 0 saturated carbocycles. The van der Waals surface area contributed by atoms with E-state index in [1.807, 2.05) is 11.8 Å². The van der Waals surface area contributed by atoms with E-state index in [1.165, 1.54) is 12.8 Å². The highest BCUT2D eigenvalue weighted by Crippen LogP contribution is 2.30. The highest BCUT2D eigenvalue weighted by Gasteiger charge is 2.05. The van der Waals surface area contributed by atoms with Gasteiger partial charge in [-0.2, -0.15) is 0 Å². The van der Waals surface area contributed by atoms with Crippen LogP contribution in [0.25, 0.3) is 10.3 Å². The van der Waals surface area contributed by atoms with Gasteiger partial charge < -0.3 is 0 Å². The molecule has 2 aromatic heterocycles. The van der Waals surface area contributed by atoms with Crippen molar-refractivity contribution in [3.8, 4) is 0 Å². The molecule has 0 atom stereocenters. The number of nitrogens with zero attached hydrogens (tertiary/aromatic N) is 2. The fourth-order valence-electron chi connectivity index (χ4n) is 1.14. The zero-order valence-electron chi connectivity index (χ0n) is 8.36. The van der Waals surface area contributed by atoms with E-state index in [2.05, 4.69) is 38.9 Å². The van der Waals surface area contributed by atoms with Gasteiger partial charge in [0, 0.05) is 16.4 Å². The van der Waals surface area contributed by atoms with E-state index < -0.39 is 0 Å². The molecule has 0 aliphatic heterocycles. The summed E-state index contributed by atoms with van der Waals surface area (Å²) in [5.41, 5.74) is 0.863. The van der Waals surface area contributed by atoms with E-state index in [4.69, 9.17) is 0 Å². The summed E-state index contributed by atoms with van der Waals surface area (Å²) in [5.74, 6) is 1.15. The molecule has 2 nitrogen and oxygen atoms in total. The van der Waals surface area contributed by atoms with E-state index >= 15 is 0 Å². The minimum absolute atomic E-state index is 0.863. The van der Waals surface area contributed by atoms with E-state index in [9.17, 15) is 0 Å². The molecule has 2 heterocycles. The third-order valence-corrected chi connectivity index (χ3v) is 4.57. The Morgan fingerprint density at radius 1 is 1.53 bits per heavy atom. The number of rotatable bonds is 4. The third kappa shape index (κ3) is 2.92. The van der Waals surface area contributed by atoms with Crippen molar-refractivity contribution in [2.24, 2.45) is 0 Å². The van der Waals surface area contributed by atoms with E-state index in [-0.39, 0.29) is 0 Å². The Kier molecular flexibility index (Phi) is 3.99. The van der Waals surface area contributed by atoms with Crippen LogP contribution in [0.3, 0.4) is 0 Å². The van der Waals surface area contributed by atoms with Crippen molar-refractivity contribution < 1.29 is 0 Å². The molecule has 0 spiro atoms. The van der Waals surface area contributed by atoms with Crippen molar-refractivity contribution >= 4 is 49.4 Å². The van der Waals surface area contributed by atoms with Crippen LogP contribution in [-0.2, 0) is 0 Å². The molecule has 0 bridgehead atoms. The lowest BCUT2D eigenvalue weighted by Crippen LogP contribution is -1.78. The van der Waals surface area contributed by atoms with Crippen LogP contribution in [0.15, 0.2) is 21.1 Å². The molecule has 15 heavy (non-hydrogen) atoms. The Hall–Kier alpha value is -0.130. The molecule has 0 N–H and O–H groups in total. The number of hydrogen-bond acceptors (Lipinski definition) is 4. The maximum absolute atomic E-state index is 4.48. The Labute approximate surface area is 106 Å². The molecule has 0 radical (unpaired) electrons. The van der Waals surface area contributed by atoms with Gasteiger partial charge in [-0.25, -0.2) is 9.97 Å². The monoisotopic (exact) mass is 302 g/mol. The van der Waals surface area contributed by atoms with Crippen LogP contribution in [0.1, 0.15) is 19.8 Å². The van der Waals surface area contributed by atoms with E-state index in [0.29, 0.717) is 0 Å². The zero-order chi connectivity index (χ0) is 10.7. The summed E-state index contributed by atoms with van der Waals surface area (Å²) in [6.45, 7) is 2.21. The van der Waals surface area contributed by atoms with Crippen LogP contribution < -0.4 is 0 Å². The molecule has 0 aliphatic carbocycles. The fourth-order valence-corrected chi connectivity index (χ4v) is 3.83. The molecule has 0 aliphatic rings. The highest BCUT2D eigenvalue weighted by atomic mass is 79.9. The maximum atomic E-state index is 4.48. The van der Waals surface area contributed by atoms with Crippen molar-refractivity contribution in [2.75, 3.05) is 5.75 Å². The fraction of sp³-hybridized carbons (Fsp3) is 0.400. The first kappa shape index (κ1) is 11.4. The van der Waals surface area contributed by atoms with Crippen LogP contribution in [0.2, 0.25) is 0 Å². The third-order valence-electron chi connectivity index (χ3n) is 1.92. The Bertz CT molecular complexity index is 456. The maximum Gasteiger partial charge on any atom is 0.171 e. The van der Waals surface area contributed by atoms with Gasteiger partial charge in [-0.3, -0.25) is 0 Å². The van der Waals surface area contributed by atoms with Crippen LogP contribution in [0, 0.1) is 0 Å². The van der Waals surface area contributed by atoms with Gasteiger partial charge in [-0.15, -0.1) is 11.3 Å². The summed E-state index contributed by atoms with van der Waals surface area (Å²) in [4.78, 5) is 8.74. The van der Waals surface area contributed by atoms with Gasteiger partial charge in [-0.1, -0.05) is 25.1 Å². The largest absolute Gasteiger partial charge is 0.235 e. The number of unbranched alkanes of at least 4 members (excludes halogenated alkanes) is 1. The molecule has 0 fully saturated rings. The minimum Gasteiger partial charge on any atom is -0.235 e. The number of pyridine rings is 1. The first-order valence-corrected chi connectivity index (χ1v) is 7.44. The smallest absolute Gasteiger partial charge is 0.171 e. The minimum atomic E-state index is 0.863. The van der Waals surface area contributed by atoms with Crippen LogP contribution in [-0.4, -0.2) is 15.7 Å². The lowest BCUT2D eigenvalue weighted by Gasteiger charge is -1.92. The highest BCUT2D eigenvalue weighted by molar-refractivity contribution is 9.10. The average molecular weight is 303 g/mol. The van der Waals surface area contributed by atoms with Crippen LogP contribution in [0.5, 0.6) is 0 Å². The van der Waals surface area contributed by atoms with Gasteiger partial charge in [0.15, 0.2) is 9.99 Å². The summed E-state index contributed by atoms with van der Waals surface area (Å²) < 4.78 is 3.30. The van der Waals surface area contributed by atoms with Gasteiger partial charge in [0.05, 0.1) is 4.70 Å². The van der Waals surface area contributed by atoms with E-state index in [1.54, 1.807) is 17.5 Å². The van der Waals surface area contributed by atoms with E-state index in [0.717, 1.165) is 24.9 Å². The average Bonchev–Trinajstić information content (AvgIpc) is 2.60. The summed E-state index contributed by atoms with van der Waals surface area (Å²) in [6.07, 6.45) is 4.28. The Balaban J connectivity index is 2.16. The molecular formula is C10H11BrN2S2. The molecule has 0 amide bonds. The number of fused-ring (bicyclic) bond motifs is 1. The normalized spacial score (nSPS) is 11.1. The van der Waals surface area contributed by atoms with Crippen molar-refractivity contribution in [2.45, 2.75) is 24.1 Å². The number of halogens is 1. The molecule has 0 unspecified atom stereocenters. The molecule has 2 rings (SSSR count). The number of aromatic nitrogens is 2. The van der Waals surface area contributed by atoms with Gasteiger partial charge >= 0.3 is 0 Å². The van der Waals surface area contributed by atoms with Crippen molar-refractivity contribution in [3.05, 3.63) is 16.7 Å². The summed E-state index contributed by atoms with van der Waals surface area (Å²) in [6, 6.07) is 2.07. The van der Waals surface area contributed by atoms with Gasteiger partial charge in [0.2, 0.25) is 0 Å². The SMILES string of the molecule is CCCCSc1nc2ncc(Br)cc2s1.